The first-order chi connectivity index (χ1) is 9.19. The molecule has 2 aromatic heterocycles. The zero-order valence-electron chi connectivity index (χ0n) is 9.61. The van der Waals surface area contributed by atoms with Gasteiger partial charge in [-0.3, -0.25) is 0 Å². The molecular formula is C12H8ClF2N3S. The fourth-order valence-corrected chi connectivity index (χ4v) is 2.71. The van der Waals surface area contributed by atoms with E-state index >= 15 is 0 Å². The topological polar surface area (TPSA) is 30.7 Å². The first-order valence-electron chi connectivity index (χ1n) is 5.46. The average Bonchev–Trinajstić information content (AvgIpc) is 2.99. The minimum Gasteiger partial charge on any atom is -0.321 e. The van der Waals surface area contributed by atoms with Crippen LogP contribution in [-0.4, -0.2) is 14.5 Å². The molecule has 0 amide bonds. The maximum absolute atomic E-state index is 13.7. The summed E-state index contributed by atoms with van der Waals surface area (Å²) in [4.78, 5) is 8.27. The van der Waals surface area contributed by atoms with Crippen molar-refractivity contribution in [2.75, 3.05) is 0 Å². The molecule has 0 saturated heterocycles. The van der Waals surface area contributed by atoms with Gasteiger partial charge in [-0.05, 0) is 6.07 Å². The second-order valence-electron chi connectivity index (χ2n) is 3.98. The first kappa shape index (κ1) is 12.5. The average molecular weight is 300 g/mol. The van der Waals surface area contributed by atoms with Crippen LogP contribution in [-0.2, 0) is 12.4 Å². The van der Waals surface area contributed by atoms with Gasteiger partial charge in [0, 0.05) is 11.4 Å². The molecule has 7 heteroatoms. The Kier molecular flexibility index (Phi) is 3.20. The Bertz CT molecular complexity index is 724. The van der Waals surface area contributed by atoms with Gasteiger partial charge in [0.1, 0.15) is 17.2 Å². The van der Waals surface area contributed by atoms with Crippen LogP contribution < -0.4 is 0 Å². The Morgan fingerprint density at radius 2 is 2.16 bits per heavy atom. The summed E-state index contributed by atoms with van der Waals surface area (Å²) in [5.74, 6) is -0.696. The van der Waals surface area contributed by atoms with Gasteiger partial charge in [-0.15, -0.1) is 22.9 Å². The van der Waals surface area contributed by atoms with Gasteiger partial charge >= 0.3 is 0 Å². The first-order valence-corrected chi connectivity index (χ1v) is 6.94. The van der Waals surface area contributed by atoms with Crippen LogP contribution in [0.4, 0.5) is 8.78 Å². The van der Waals surface area contributed by atoms with E-state index < -0.39 is 11.6 Å². The molecule has 0 aliphatic carbocycles. The number of rotatable bonds is 3. The molecule has 0 unspecified atom stereocenters. The largest absolute Gasteiger partial charge is 0.321 e. The van der Waals surface area contributed by atoms with E-state index in [1.165, 1.54) is 17.4 Å². The van der Waals surface area contributed by atoms with Crippen molar-refractivity contribution in [3.63, 3.8) is 0 Å². The Morgan fingerprint density at radius 1 is 1.32 bits per heavy atom. The van der Waals surface area contributed by atoms with Crippen molar-refractivity contribution in [3.8, 4) is 0 Å². The van der Waals surface area contributed by atoms with Crippen LogP contribution >= 0.6 is 22.9 Å². The molecule has 1 aromatic carbocycles. The third-order valence-electron chi connectivity index (χ3n) is 2.77. The lowest BCUT2D eigenvalue weighted by Gasteiger charge is -2.05. The molecule has 3 aromatic rings. The van der Waals surface area contributed by atoms with Gasteiger partial charge in [0.25, 0.3) is 0 Å². The molecule has 3 rings (SSSR count). The molecule has 2 heterocycles. The highest BCUT2D eigenvalue weighted by Crippen LogP contribution is 2.23. The summed E-state index contributed by atoms with van der Waals surface area (Å²) >= 11 is 7.28. The molecule has 0 bridgehead atoms. The number of fused-ring (bicyclic) bond motifs is 1. The molecular weight excluding hydrogens is 292 g/mol. The lowest BCUT2D eigenvalue weighted by molar-refractivity contribution is 0.590. The SMILES string of the molecule is Fc1cc(F)c2nc(CCl)n(Cc3cscn3)c2c1. The normalized spacial score (nSPS) is 11.3. The summed E-state index contributed by atoms with van der Waals surface area (Å²) in [5.41, 5.74) is 3.03. The minimum absolute atomic E-state index is 0.125. The van der Waals surface area contributed by atoms with Crippen LogP contribution in [0.15, 0.2) is 23.0 Å². The van der Waals surface area contributed by atoms with E-state index in [1.54, 1.807) is 10.1 Å². The van der Waals surface area contributed by atoms with Crippen molar-refractivity contribution in [1.82, 2.24) is 14.5 Å². The fourth-order valence-electron chi connectivity index (χ4n) is 1.95. The van der Waals surface area contributed by atoms with Crippen molar-refractivity contribution in [1.29, 1.82) is 0 Å². The van der Waals surface area contributed by atoms with Crippen LogP contribution in [0.2, 0.25) is 0 Å². The van der Waals surface area contributed by atoms with E-state index in [4.69, 9.17) is 11.6 Å². The smallest absolute Gasteiger partial charge is 0.153 e. The predicted molar refractivity (Wildman–Crippen MR) is 70.4 cm³/mol. The standard InChI is InChI=1S/C12H8ClF2N3S/c13-3-11-17-12-9(15)1-7(14)2-10(12)18(11)4-8-5-19-6-16-8/h1-2,5-6H,3-4H2. The van der Waals surface area contributed by atoms with Crippen LogP contribution in [0, 0.1) is 11.6 Å². The molecule has 3 nitrogen and oxygen atoms in total. The summed E-state index contributed by atoms with van der Waals surface area (Å²) < 4.78 is 28.7. The molecule has 0 aliphatic rings. The Hall–Kier alpha value is -1.53. The number of halogens is 3. The van der Waals surface area contributed by atoms with Gasteiger partial charge in [0.2, 0.25) is 0 Å². The van der Waals surface area contributed by atoms with Gasteiger partial charge in [-0.2, -0.15) is 0 Å². The number of benzene rings is 1. The highest BCUT2D eigenvalue weighted by Gasteiger charge is 2.15. The van der Waals surface area contributed by atoms with E-state index in [-0.39, 0.29) is 11.4 Å². The second kappa shape index (κ2) is 4.86. The van der Waals surface area contributed by atoms with E-state index in [9.17, 15) is 8.78 Å². The van der Waals surface area contributed by atoms with Crippen LogP contribution in [0.25, 0.3) is 11.0 Å². The van der Waals surface area contributed by atoms with E-state index in [1.807, 2.05) is 5.38 Å². The number of hydrogen-bond acceptors (Lipinski definition) is 3. The minimum atomic E-state index is -0.682. The fraction of sp³-hybridized carbons (Fsp3) is 0.167. The lowest BCUT2D eigenvalue weighted by atomic mass is 10.3. The molecule has 0 radical (unpaired) electrons. The van der Waals surface area contributed by atoms with Gasteiger partial charge in [0.05, 0.1) is 29.1 Å². The Labute approximate surface area is 116 Å². The molecule has 0 atom stereocenters. The molecule has 0 N–H and O–H groups in total. The van der Waals surface area contributed by atoms with Crippen molar-refractivity contribution in [2.45, 2.75) is 12.4 Å². The van der Waals surface area contributed by atoms with Crippen molar-refractivity contribution in [2.24, 2.45) is 0 Å². The zero-order chi connectivity index (χ0) is 13.4. The lowest BCUT2D eigenvalue weighted by Crippen LogP contribution is -2.04. The summed E-state index contributed by atoms with van der Waals surface area (Å²) in [5, 5.41) is 1.87. The maximum Gasteiger partial charge on any atom is 0.153 e. The van der Waals surface area contributed by atoms with Crippen LogP contribution in [0.3, 0.4) is 0 Å². The predicted octanol–water partition coefficient (Wildman–Crippen LogP) is 3.56. The van der Waals surface area contributed by atoms with E-state index in [0.717, 1.165) is 11.8 Å². The Balaban J connectivity index is 2.20. The molecule has 0 saturated carbocycles. The third-order valence-corrected chi connectivity index (χ3v) is 3.65. The number of aromatic nitrogens is 3. The van der Waals surface area contributed by atoms with Crippen molar-refractivity contribution in [3.05, 3.63) is 46.2 Å². The van der Waals surface area contributed by atoms with E-state index in [2.05, 4.69) is 9.97 Å². The molecule has 0 fully saturated rings. The Morgan fingerprint density at radius 3 is 2.84 bits per heavy atom. The number of thiazole rings is 1. The van der Waals surface area contributed by atoms with Crippen LogP contribution in [0.5, 0.6) is 0 Å². The molecule has 0 aliphatic heterocycles. The quantitative estimate of drug-likeness (QED) is 0.692. The highest BCUT2D eigenvalue weighted by atomic mass is 35.5. The molecule has 98 valence electrons. The maximum atomic E-state index is 13.7. The number of imidazole rings is 1. The zero-order valence-corrected chi connectivity index (χ0v) is 11.2. The van der Waals surface area contributed by atoms with Crippen molar-refractivity contribution < 1.29 is 8.78 Å². The van der Waals surface area contributed by atoms with Gasteiger partial charge in [-0.1, -0.05) is 0 Å². The summed E-state index contributed by atoms with van der Waals surface area (Å²) in [7, 11) is 0. The number of alkyl halides is 1. The second-order valence-corrected chi connectivity index (χ2v) is 4.97. The van der Waals surface area contributed by atoms with Gasteiger partial charge in [0.15, 0.2) is 5.82 Å². The molecule has 19 heavy (non-hydrogen) atoms. The monoisotopic (exact) mass is 299 g/mol. The number of hydrogen-bond donors (Lipinski definition) is 0. The highest BCUT2D eigenvalue weighted by molar-refractivity contribution is 7.07. The number of nitrogens with zero attached hydrogens (tertiary/aromatic N) is 3. The summed E-state index contributed by atoms with van der Waals surface area (Å²) in [6.45, 7) is 0.394. The van der Waals surface area contributed by atoms with Gasteiger partial charge in [-0.25, -0.2) is 18.7 Å². The molecule has 0 spiro atoms. The third kappa shape index (κ3) is 2.21. The van der Waals surface area contributed by atoms with E-state index in [0.29, 0.717) is 17.9 Å². The summed E-state index contributed by atoms with van der Waals surface area (Å²) in [6, 6.07) is 2.08. The van der Waals surface area contributed by atoms with Crippen LogP contribution in [0.1, 0.15) is 11.5 Å². The van der Waals surface area contributed by atoms with Gasteiger partial charge < -0.3 is 4.57 Å². The summed E-state index contributed by atoms with van der Waals surface area (Å²) in [6.07, 6.45) is 0. The van der Waals surface area contributed by atoms with Crippen molar-refractivity contribution >= 4 is 34.0 Å².